The number of nitrogens with one attached hydrogen (secondary N) is 2. The number of carbonyl (C=O) groups is 1. The van der Waals surface area contributed by atoms with Crippen LogP contribution >= 0.6 is 0 Å². The largest absolute Gasteiger partial charge is 0.491 e. The fourth-order valence-corrected chi connectivity index (χ4v) is 2.33. The molecule has 0 saturated heterocycles. The molecule has 0 radical (unpaired) electrons. The molecule has 2 aromatic rings. The maximum Gasteiger partial charge on any atom is 0.243 e. The summed E-state index contributed by atoms with van der Waals surface area (Å²) in [7, 11) is 0. The van der Waals surface area contributed by atoms with Gasteiger partial charge in [-0.05, 0) is 49.6 Å². The van der Waals surface area contributed by atoms with Gasteiger partial charge in [-0.3, -0.25) is 4.79 Å². The molecule has 1 amide bonds. The highest BCUT2D eigenvalue weighted by Crippen LogP contribution is 2.24. The standard InChI is InChI=1S/C20H26N2O2/c1-4-5-13-24-19-12-7-6-10-18(19)22-20(23)14-21-17-11-8-9-15(2)16(17)3/h6-12,21H,4-5,13-14H2,1-3H3,(H,22,23). The van der Waals surface area contributed by atoms with Crippen LogP contribution in [0.4, 0.5) is 11.4 Å². The van der Waals surface area contributed by atoms with E-state index in [1.165, 1.54) is 5.56 Å². The van der Waals surface area contributed by atoms with Crippen LogP contribution in [0.5, 0.6) is 5.75 Å². The first-order chi connectivity index (χ1) is 11.6. The summed E-state index contributed by atoms with van der Waals surface area (Å²) in [4.78, 5) is 12.2. The van der Waals surface area contributed by atoms with Crippen LogP contribution in [0, 0.1) is 13.8 Å². The van der Waals surface area contributed by atoms with Gasteiger partial charge in [-0.1, -0.05) is 37.6 Å². The predicted octanol–water partition coefficient (Wildman–Crippen LogP) is 4.53. The quantitative estimate of drug-likeness (QED) is 0.701. The van der Waals surface area contributed by atoms with Crippen LogP contribution in [0.3, 0.4) is 0 Å². The van der Waals surface area contributed by atoms with Crippen molar-refractivity contribution in [1.29, 1.82) is 0 Å². The van der Waals surface area contributed by atoms with Crippen molar-refractivity contribution >= 4 is 17.3 Å². The van der Waals surface area contributed by atoms with E-state index < -0.39 is 0 Å². The van der Waals surface area contributed by atoms with Crippen molar-refractivity contribution in [1.82, 2.24) is 0 Å². The molecule has 0 spiro atoms. The summed E-state index contributed by atoms with van der Waals surface area (Å²) in [5, 5.41) is 6.11. The Morgan fingerprint density at radius 3 is 2.58 bits per heavy atom. The van der Waals surface area contributed by atoms with Crippen molar-refractivity contribution in [2.24, 2.45) is 0 Å². The van der Waals surface area contributed by atoms with Crippen molar-refractivity contribution in [3.05, 3.63) is 53.6 Å². The highest BCUT2D eigenvalue weighted by molar-refractivity contribution is 5.95. The van der Waals surface area contributed by atoms with Gasteiger partial charge >= 0.3 is 0 Å². The second-order valence-corrected chi connectivity index (χ2v) is 5.85. The number of carbonyl (C=O) groups excluding carboxylic acids is 1. The van der Waals surface area contributed by atoms with Crippen LogP contribution in [0.1, 0.15) is 30.9 Å². The third-order valence-corrected chi connectivity index (χ3v) is 3.96. The molecular weight excluding hydrogens is 300 g/mol. The molecule has 0 unspecified atom stereocenters. The van der Waals surface area contributed by atoms with Gasteiger partial charge in [0.2, 0.25) is 5.91 Å². The lowest BCUT2D eigenvalue weighted by Gasteiger charge is -2.14. The molecule has 128 valence electrons. The van der Waals surface area contributed by atoms with Gasteiger partial charge in [0.05, 0.1) is 18.8 Å². The Labute approximate surface area is 144 Å². The molecule has 24 heavy (non-hydrogen) atoms. The van der Waals surface area contributed by atoms with E-state index in [2.05, 4.69) is 30.5 Å². The molecule has 0 aliphatic carbocycles. The number of anilines is 2. The summed E-state index contributed by atoms with van der Waals surface area (Å²) in [5.74, 6) is 0.619. The number of rotatable bonds is 8. The zero-order valence-electron chi connectivity index (χ0n) is 14.7. The number of aryl methyl sites for hydroxylation is 1. The lowest BCUT2D eigenvalue weighted by molar-refractivity contribution is -0.114. The van der Waals surface area contributed by atoms with Gasteiger partial charge in [0.25, 0.3) is 0 Å². The van der Waals surface area contributed by atoms with Crippen LogP contribution in [0.15, 0.2) is 42.5 Å². The van der Waals surface area contributed by atoms with Gasteiger partial charge < -0.3 is 15.4 Å². The second kappa shape index (κ2) is 8.96. The van der Waals surface area contributed by atoms with Crippen molar-refractivity contribution in [2.45, 2.75) is 33.6 Å². The average Bonchev–Trinajstić information content (AvgIpc) is 2.58. The Morgan fingerprint density at radius 1 is 1.04 bits per heavy atom. The molecule has 4 heteroatoms. The highest BCUT2D eigenvalue weighted by atomic mass is 16.5. The Morgan fingerprint density at radius 2 is 1.79 bits per heavy atom. The van der Waals surface area contributed by atoms with Crippen LogP contribution in [-0.4, -0.2) is 19.1 Å². The molecule has 2 aromatic carbocycles. The van der Waals surface area contributed by atoms with Gasteiger partial charge in [-0.2, -0.15) is 0 Å². The van der Waals surface area contributed by atoms with E-state index in [0.29, 0.717) is 18.0 Å². The molecule has 0 fully saturated rings. The van der Waals surface area contributed by atoms with Crippen molar-refractivity contribution in [3.63, 3.8) is 0 Å². The zero-order valence-corrected chi connectivity index (χ0v) is 14.7. The summed E-state index contributed by atoms with van der Waals surface area (Å²) in [6, 6.07) is 13.6. The first-order valence-corrected chi connectivity index (χ1v) is 8.43. The number of ether oxygens (including phenoxy) is 1. The minimum absolute atomic E-state index is 0.0950. The second-order valence-electron chi connectivity index (χ2n) is 5.85. The molecule has 0 heterocycles. The molecule has 0 aromatic heterocycles. The van der Waals surface area contributed by atoms with E-state index in [1.54, 1.807) is 0 Å². The van der Waals surface area contributed by atoms with Gasteiger partial charge in [0.1, 0.15) is 5.75 Å². The van der Waals surface area contributed by atoms with Crippen molar-refractivity contribution < 1.29 is 9.53 Å². The number of unbranched alkanes of at least 4 members (excludes halogenated alkanes) is 1. The van der Waals surface area contributed by atoms with Gasteiger partial charge in [-0.25, -0.2) is 0 Å². The maximum absolute atomic E-state index is 12.2. The van der Waals surface area contributed by atoms with E-state index in [-0.39, 0.29) is 12.5 Å². The smallest absolute Gasteiger partial charge is 0.243 e. The summed E-state index contributed by atoms with van der Waals surface area (Å²) < 4.78 is 5.74. The topological polar surface area (TPSA) is 50.4 Å². The number of benzene rings is 2. The SMILES string of the molecule is CCCCOc1ccccc1NC(=O)CNc1cccc(C)c1C. The molecule has 0 aliphatic rings. The summed E-state index contributed by atoms with van der Waals surface area (Å²) in [6.45, 7) is 7.10. The van der Waals surface area contributed by atoms with Gasteiger partial charge in [0.15, 0.2) is 0 Å². The lowest BCUT2D eigenvalue weighted by Crippen LogP contribution is -2.22. The fourth-order valence-electron chi connectivity index (χ4n) is 2.33. The van der Waals surface area contributed by atoms with Crippen molar-refractivity contribution in [2.75, 3.05) is 23.8 Å². The summed E-state index contributed by atoms with van der Waals surface area (Å²) in [5.41, 5.74) is 4.06. The molecular formula is C20H26N2O2. The fraction of sp³-hybridized carbons (Fsp3) is 0.350. The normalized spacial score (nSPS) is 10.3. The molecule has 0 atom stereocenters. The highest BCUT2D eigenvalue weighted by Gasteiger charge is 2.08. The third-order valence-electron chi connectivity index (χ3n) is 3.96. The molecule has 2 N–H and O–H groups in total. The first kappa shape index (κ1) is 17.9. The number of hydrogen-bond acceptors (Lipinski definition) is 3. The average molecular weight is 326 g/mol. The Hall–Kier alpha value is -2.49. The van der Waals surface area contributed by atoms with Gasteiger partial charge in [-0.15, -0.1) is 0 Å². The van der Waals surface area contributed by atoms with E-state index in [0.717, 1.165) is 24.1 Å². The third kappa shape index (κ3) is 5.01. The van der Waals surface area contributed by atoms with Crippen LogP contribution in [-0.2, 0) is 4.79 Å². The van der Waals surface area contributed by atoms with Crippen LogP contribution in [0.25, 0.3) is 0 Å². The molecule has 4 nitrogen and oxygen atoms in total. The van der Waals surface area contributed by atoms with Crippen LogP contribution < -0.4 is 15.4 Å². The van der Waals surface area contributed by atoms with E-state index in [4.69, 9.17) is 4.74 Å². The number of para-hydroxylation sites is 2. The lowest BCUT2D eigenvalue weighted by atomic mass is 10.1. The number of hydrogen-bond donors (Lipinski definition) is 2. The summed E-state index contributed by atoms with van der Waals surface area (Å²) >= 11 is 0. The van der Waals surface area contributed by atoms with Gasteiger partial charge in [0, 0.05) is 5.69 Å². The first-order valence-electron chi connectivity index (χ1n) is 8.43. The Balaban J connectivity index is 1.94. The van der Waals surface area contributed by atoms with E-state index in [9.17, 15) is 4.79 Å². The predicted molar refractivity (Wildman–Crippen MR) is 99.9 cm³/mol. The Kier molecular flexibility index (Phi) is 6.67. The minimum Gasteiger partial charge on any atom is -0.491 e. The molecule has 2 rings (SSSR count). The van der Waals surface area contributed by atoms with E-state index >= 15 is 0 Å². The van der Waals surface area contributed by atoms with Crippen LogP contribution in [0.2, 0.25) is 0 Å². The Bertz CT molecular complexity index is 683. The van der Waals surface area contributed by atoms with E-state index in [1.807, 2.05) is 43.3 Å². The molecule has 0 saturated carbocycles. The zero-order chi connectivity index (χ0) is 17.4. The van der Waals surface area contributed by atoms with Crippen molar-refractivity contribution in [3.8, 4) is 5.75 Å². The summed E-state index contributed by atoms with van der Waals surface area (Å²) in [6.07, 6.45) is 2.07. The molecule has 0 bridgehead atoms. The minimum atomic E-state index is -0.0950. The number of amides is 1. The molecule has 0 aliphatic heterocycles. The maximum atomic E-state index is 12.2. The monoisotopic (exact) mass is 326 g/mol.